The minimum Gasteiger partial charge on any atom is -0.343 e. The molecule has 2 rings (SSSR count). The molecule has 1 aromatic rings. The number of halogens is 1. The first-order valence-corrected chi connectivity index (χ1v) is 3.81. The third-order valence-electron chi connectivity index (χ3n) is 1.79. The van der Waals surface area contributed by atoms with Gasteiger partial charge >= 0.3 is 0 Å². The number of carbonyl (C=O) groups is 1. The molecule has 0 bridgehead atoms. The third-order valence-corrected chi connectivity index (χ3v) is 2.07. The highest BCUT2D eigenvalue weighted by atomic mass is 35.5. The summed E-state index contributed by atoms with van der Waals surface area (Å²) in [6.45, 7) is 0. The summed E-state index contributed by atoms with van der Waals surface area (Å²) in [6.07, 6.45) is 2.87. The lowest BCUT2D eigenvalue weighted by Gasteiger charge is -1.86. The Labute approximate surface area is 68.3 Å². The van der Waals surface area contributed by atoms with Crippen LogP contribution < -0.4 is 0 Å². The monoisotopic (exact) mass is 171 g/mol. The third kappa shape index (κ3) is 1.05. The Morgan fingerprint density at radius 1 is 1.64 bits per heavy atom. The van der Waals surface area contributed by atoms with Crippen molar-refractivity contribution in [2.75, 3.05) is 0 Å². The second-order valence-electron chi connectivity index (χ2n) is 2.65. The van der Waals surface area contributed by atoms with Crippen LogP contribution in [-0.2, 0) is 0 Å². The standard InChI is InChI=1S/C7H6ClNO2/c8-7-5(3-10)6(9-11-7)4-1-2-4/h3-4H,1-2H2. The van der Waals surface area contributed by atoms with Crippen LogP contribution in [0, 0.1) is 0 Å². The largest absolute Gasteiger partial charge is 0.343 e. The van der Waals surface area contributed by atoms with E-state index >= 15 is 0 Å². The second-order valence-corrected chi connectivity index (χ2v) is 2.99. The van der Waals surface area contributed by atoms with E-state index in [1.54, 1.807) is 0 Å². The molecule has 4 heteroatoms. The van der Waals surface area contributed by atoms with Gasteiger partial charge in [0.15, 0.2) is 6.29 Å². The van der Waals surface area contributed by atoms with E-state index in [9.17, 15) is 4.79 Å². The van der Waals surface area contributed by atoms with Crippen molar-refractivity contribution in [3.05, 3.63) is 16.5 Å². The Morgan fingerprint density at radius 2 is 2.36 bits per heavy atom. The van der Waals surface area contributed by atoms with Crippen LogP contribution in [0.4, 0.5) is 0 Å². The van der Waals surface area contributed by atoms with Crippen LogP contribution in [0.2, 0.25) is 5.22 Å². The lowest BCUT2D eigenvalue weighted by molar-refractivity contribution is 0.112. The van der Waals surface area contributed by atoms with Gasteiger partial charge in [0.1, 0.15) is 0 Å². The Morgan fingerprint density at radius 3 is 2.91 bits per heavy atom. The molecule has 1 saturated carbocycles. The van der Waals surface area contributed by atoms with Crippen LogP contribution in [0.3, 0.4) is 0 Å². The van der Waals surface area contributed by atoms with Crippen LogP contribution >= 0.6 is 11.6 Å². The van der Waals surface area contributed by atoms with Gasteiger partial charge in [0, 0.05) is 5.92 Å². The number of nitrogens with zero attached hydrogens (tertiary/aromatic N) is 1. The maximum atomic E-state index is 10.5. The summed E-state index contributed by atoms with van der Waals surface area (Å²) in [4.78, 5) is 10.5. The Kier molecular flexibility index (Phi) is 1.46. The maximum Gasteiger partial charge on any atom is 0.236 e. The summed E-state index contributed by atoms with van der Waals surface area (Å²) < 4.78 is 4.67. The highest BCUT2D eigenvalue weighted by Gasteiger charge is 2.30. The number of hydrogen-bond acceptors (Lipinski definition) is 3. The minimum absolute atomic E-state index is 0.113. The average molecular weight is 172 g/mol. The number of aldehydes is 1. The Balaban J connectivity index is 2.44. The molecule has 58 valence electrons. The molecule has 3 nitrogen and oxygen atoms in total. The van der Waals surface area contributed by atoms with Crippen LogP contribution in [0.1, 0.15) is 34.8 Å². The SMILES string of the molecule is O=Cc1c(C2CC2)noc1Cl. The predicted octanol–water partition coefficient (Wildman–Crippen LogP) is 2.02. The first-order chi connectivity index (χ1) is 5.33. The number of rotatable bonds is 2. The molecule has 0 aromatic carbocycles. The zero-order chi connectivity index (χ0) is 7.84. The number of carbonyl (C=O) groups excluding carboxylic acids is 1. The van der Waals surface area contributed by atoms with Crippen molar-refractivity contribution in [1.29, 1.82) is 0 Å². The van der Waals surface area contributed by atoms with Gasteiger partial charge in [0.25, 0.3) is 0 Å². The molecule has 11 heavy (non-hydrogen) atoms. The summed E-state index contributed by atoms with van der Waals surface area (Å²) in [5.41, 5.74) is 1.15. The molecule has 1 heterocycles. The normalized spacial score (nSPS) is 16.8. The van der Waals surface area contributed by atoms with Crippen molar-refractivity contribution in [1.82, 2.24) is 5.16 Å². The molecule has 1 aromatic heterocycles. The first-order valence-electron chi connectivity index (χ1n) is 3.43. The van der Waals surface area contributed by atoms with E-state index in [4.69, 9.17) is 11.6 Å². The van der Waals surface area contributed by atoms with Crippen molar-refractivity contribution in [2.45, 2.75) is 18.8 Å². The molecule has 1 fully saturated rings. The Hall–Kier alpha value is -0.830. The molecule has 0 amide bonds. The van der Waals surface area contributed by atoms with Crippen molar-refractivity contribution in [3.63, 3.8) is 0 Å². The fraction of sp³-hybridized carbons (Fsp3) is 0.429. The van der Waals surface area contributed by atoms with E-state index in [2.05, 4.69) is 9.68 Å². The Bertz CT molecular complexity index is 291. The molecule has 0 radical (unpaired) electrons. The van der Waals surface area contributed by atoms with Gasteiger partial charge in [-0.15, -0.1) is 0 Å². The molecule has 0 atom stereocenters. The van der Waals surface area contributed by atoms with Crippen LogP contribution in [0.15, 0.2) is 4.52 Å². The molecule has 1 aliphatic carbocycles. The first kappa shape index (κ1) is 6.85. The lowest BCUT2D eigenvalue weighted by atomic mass is 10.2. The van der Waals surface area contributed by atoms with Crippen molar-refractivity contribution in [2.24, 2.45) is 0 Å². The topological polar surface area (TPSA) is 43.1 Å². The molecule has 0 unspecified atom stereocenters. The van der Waals surface area contributed by atoms with Crippen molar-refractivity contribution >= 4 is 17.9 Å². The van der Waals surface area contributed by atoms with Crippen LogP contribution in [0.25, 0.3) is 0 Å². The van der Waals surface area contributed by atoms with Gasteiger partial charge in [-0.05, 0) is 24.4 Å². The van der Waals surface area contributed by atoms with Gasteiger partial charge in [-0.25, -0.2) is 0 Å². The van der Waals surface area contributed by atoms with Crippen LogP contribution in [0.5, 0.6) is 0 Å². The smallest absolute Gasteiger partial charge is 0.236 e. The summed E-state index contributed by atoms with van der Waals surface area (Å²) in [5.74, 6) is 0.409. The second kappa shape index (κ2) is 2.34. The van der Waals surface area contributed by atoms with E-state index < -0.39 is 0 Å². The van der Waals surface area contributed by atoms with Crippen LogP contribution in [-0.4, -0.2) is 11.4 Å². The highest BCUT2D eigenvalue weighted by Crippen LogP contribution is 2.41. The van der Waals surface area contributed by atoms with E-state index in [1.165, 1.54) is 0 Å². The van der Waals surface area contributed by atoms with Gasteiger partial charge < -0.3 is 4.52 Å². The van der Waals surface area contributed by atoms with E-state index in [1.807, 2.05) is 0 Å². The van der Waals surface area contributed by atoms with E-state index in [-0.39, 0.29) is 5.22 Å². The molecular formula is C7H6ClNO2. The molecule has 0 N–H and O–H groups in total. The summed E-state index contributed by atoms with van der Waals surface area (Å²) >= 11 is 5.56. The molecule has 1 aliphatic rings. The molecule has 0 saturated heterocycles. The van der Waals surface area contributed by atoms with Gasteiger partial charge in [0.2, 0.25) is 5.22 Å². The summed E-state index contributed by atoms with van der Waals surface area (Å²) in [6, 6.07) is 0. The number of aromatic nitrogens is 1. The van der Waals surface area contributed by atoms with Gasteiger partial charge in [-0.2, -0.15) is 0 Å². The molecule has 0 spiro atoms. The fourth-order valence-corrected chi connectivity index (χ4v) is 1.22. The molecular weight excluding hydrogens is 166 g/mol. The zero-order valence-electron chi connectivity index (χ0n) is 5.71. The van der Waals surface area contributed by atoms with Gasteiger partial charge in [0.05, 0.1) is 11.3 Å². The lowest BCUT2D eigenvalue weighted by Crippen LogP contribution is -1.85. The van der Waals surface area contributed by atoms with E-state index in [0.29, 0.717) is 17.8 Å². The maximum absolute atomic E-state index is 10.5. The quantitative estimate of drug-likeness (QED) is 0.640. The fourth-order valence-electron chi connectivity index (χ4n) is 1.05. The summed E-state index contributed by atoms with van der Waals surface area (Å²) in [5, 5.41) is 3.82. The summed E-state index contributed by atoms with van der Waals surface area (Å²) in [7, 11) is 0. The van der Waals surface area contributed by atoms with E-state index in [0.717, 1.165) is 18.5 Å². The minimum atomic E-state index is 0.113. The average Bonchev–Trinajstić information content (AvgIpc) is 2.76. The van der Waals surface area contributed by atoms with Gasteiger partial charge in [-0.1, -0.05) is 5.16 Å². The predicted molar refractivity (Wildman–Crippen MR) is 38.9 cm³/mol. The zero-order valence-corrected chi connectivity index (χ0v) is 6.47. The van der Waals surface area contributed by atoms with Crippen molar-refractivity contribution < 1.29 is 9.32 Å². The molecule has 0 aliphatic heterocycles. The highest BCUT2D eigenvalue weighted by molar-refractivity contribution is 6.31. The number of hydrogen-bond donors (Lipinski definition) is 0. The van der Waals surface area contributed by atoms with Gasteiger partial charge in [-0.3, -0.25) is 4.79 Å². The van der Waals surface area contributed by atoms with Crippen molar-refractivity contribution in [3.8, 4) is 0 Å².